The van der Waals surface area contributed by atoms with Gasteiger partial charge in [0, 0.05) is 31.4 Å². The summed E-state index contributed by atoms with van der Waals surface area (Å²) in [6.07, 6.45) is 3.62. The summed E-state index contributed by atoms with van der Waals surface area (Å²) in [6.45, 7) is 4.26. The molecular formula is C24H22F2N4O2. The van der Waals surface area contributed by atoms with Crippen LogP contribution in [0.15, 0.2) is 36.7 Å². The Morgan fingerprint density at radius 2 is 1.91 bits per heavy atom. The van der Waals surface area contributed by atoms with Gasteiger partial charge in [-0.15, -0.1) is 0 Å². The molecule has 4 rings (SSSR count). The zero-order valence-electron chi connectivity index (χ0n) is 18.0. The Morgan fingerprint density at radius 1 is 1.12 bits per heavy atom. The monoisotopic (exact) mass is 436 g/mol. The van der Waals surface area contributed by atoms with Gasteiger partial charge in [0.15, 0.2) is 11.6 Å². The maximum absolute atomic E-state index is 14.3. The minimum absolute atomic E-state index is 0.171. The van der Waals surface area contributed by atoms with E-state index in [2.05, 4.69) is 15.3 Å². The van der Waals surface area contributed by atoms with E-state index in [1.165, 1.54) is 4.90 Å². The maximum atomic E-state index is 14.3. The molecule has 0 bridgehead atoms. The van der Waals surface area contributed by atoms with Crippen LogP contribution in [0.2, 0.25) is 0 Å². The second-order valence-electron chi connectivity index (χ2n) is 7.79. The van der Waals surface area contributed by atoms with Gasteiger partial charge < -0.3 is 5.32 Å². The number of anilines is 1. The first-order valence-electron chi connectivity index (χ1n) is 10.2. The fourth-order valence-corrected chi connectivity index (χ4v) is 4.03. The number of pyridine rings is 2. The topological polar surface area (TPSA) is 75.2 Å². The molecule has 3 aromatic rings. The van der Waals surface area contributed by atoms with Gasteiger partial charge in [0.1, 0.15) is 11.5 Å². The Kier molecular flexibility index (Phi) is 5.69. The second kappa shape index (κ2) is 8.45. The predicted octanol–water partition coefficient (Wildman–Crippen LogP) is 3.52. The molecule has 0 aliphatic carbocycles. The van der Waals surface area contributed by atoms with E-state index in [0.29, 0.717) is 24.1 Å². The van der Waals surface area contributed by atoms with E-state index in [0.717, 1.165) is 40.1 Å². The number of rotatable bonds is 4. The third kappa shape index (κ3) is 3.84. The molecular weight excluding hydrogens is 414 g/mol. The number of carbonyl (C=O) groups excluding carboxylic acids is 2. The van der Waals surface area contributed by atoms with Crippen LogP contribution in [-0.2, 0) is 12.8 Å². The molecule has 1 N–H and O–H groups in total. The third-order valence-corrected chi connectivity index (χ3v) is 5.92. The number of amides is 2. The standard InChI is InChI=1S/C24H22F2N4O2/c1-13-14(2)18-6-7-30(22-20(26)10-17(25)12-29-22)24(32)19(18)9-16(13)8-15-4-5-21(28-11-15)23(31)27-3/h4-5,9-12H,6-8H2,1-3H3,(H,27,31). The summed E-state index contributed by atoms with van der Waals surface area (Å²) in [7, 11) is 1.55. The van der Waals surface area contributed by atoms with Gasteiger partial charge >= 0.3 is 0 Å². The number of nitrogens with one attached hydrogen (secondary N) is 1. The lowest BCUT2D eigenvalue weighted by Gasteiger charge is -2.30. The van der Waals surface area contributed by atoms with Crippen LogP contribution in [0, 0.1) is 25.5 Å². The molecule has 0 atom stereocenters. The summed E-state index contributed by atoms with van der Waals surface area (Å²) in [5.41, 5.74) is 5.69. The lowest BCUT2D eigenvalue weighted by molar-refractivity contribution is 0.0955. The number of fused-ring (bicyclic) bond motifs is 1. The number of carbonyl (C=O) groups is 2. The van der Waals surface area contributed by atoms with Crippen molar-refractivity contribution < 1.29 is 18.4 Å². The Balaban J connectivity index is 1.68. The fourth-order valence-electron chi connectivity index (χ4n) is 4.03. The molecule has 8 heteroatoms. The van der Waals surface area contributed by atoms with Crippen LogP contribution in [0.25, 0.3) is 0 Å². The van der Waals surface area contributed by atoms with Crippen LogP contribution in [0.4, 0.5) is 14.6 Å². The van der Waals surface area contributed by atoms with Crippen molar-refractivity contribution in [2.45, 2.75) is 26.7 Å². The zero-order chi connectivity index (χ0) is 23.0. The Hall–Kier alpha value is -3.68. The highest BCUT2D eigenvalue weighted by atomic mass is 19.1. The van der Waals surface area contributed by atoms with Crippen molar-refractivity contribution in [1.82, 2.24) is 15.3 Å². The van der Waals surface area contributed by atoms with Gasteiger partial charge in [-0.25, -0.2) is 13.8 Å². The van der Waals surface area contributed by atoms with Gasteiger partial charge in [0.2, 0.25) is 0 Å². The molecule has 6 nitrogen and oxygen atoms in total. The number of halogens is 2. The number of hydrogen-bond donors (Lipinski definition) is 1. The normalized spacial score (nSPS) is 13.2. The van der Waals surface area contributed by atoms with Crippen LogP contribution in [0.3, 0.4) is 0 Å². The highest BCUT2D eigenvalue weighted by molar-refractivity contribution is 6.08. The number of nitrogens with zero attached hydrogens (tertiary/aromatic N) is 3. The van der Waals surface area contributed by atoms with E-state index in [1.807, 2.05) is 26.0 Å². The smallest absolute Gasteiger partial charge is 0.269 e. The van der Waals surface area contributed by atoms with Gasteiger partial charge in [-0.2, -0.15) is 0 Å². The summed E-state index contributed by atoms with van der Waals surface area (Å²) >= 11 is 0. The summed E-state index contributed by atoms with van der Waals surface area (Å²) < 4.78 is 27.5. The van der Waals surface area contributed by atoms with Gasteiger partial charge in [-0.05, 0) is 66.6 Å². The molecule has 0 saturated carbocycles. The molecule has 164 valence electrons. The molecule has 0 saturated heterocycles. The number of hydrogen-bond acceptors (Lipinski definition) is 4. The van der Waals surface area contributed by atoms with Crippen LogP contribution < -0.4 is 10.2 Å². The summed E-state index contributed by atoms with van der Waals surface area (Å²) in [5, 5.41) is 2.53. The van der Waals surface area contributed by atoms with Crippen molar-refractivity contribution in [1.29, 1.82) is 0 Å². The Morgan fingerprint density at radius 3 is 2.56 bits per heavy atom. The van der Waals surface area contributed by atoms with Gasteiger partial charge in [-0.1, -0.05) is 6.07 Å². The van der Waals surface area contributed by atoms with Gasteiger partial charge in [0.05, 0.1) is 6.20 Å². The molecule has 0 spiro atoms. The van der Waals surface area contributed by atoms with Gasteiger partial charge in [0.25, 0.3) is 11.8 Å². The first-order chi connectivity index (χ1) is 15.3. The van der Waals surface area contributed by atoms with Crippen molar-refractivity contribution in [2.24, 2.45) is 0 Å². The second-order valence-corrected chi connectivity index (χ2v) is 7.79. The summed E-state index contributed by atoms with van der Waals surface area (Å²) in [4.78, 5) is 34.2. The van der Waals surface area contributed by atoms with E-state index in [1.54, 1.807) is 19.3 Å². The van der Waals surface area contributed by atoms with E-state index < -0.39 is 11.6 Å². The Labute approximate surface area is 184 Å². The molecule has 0 radical (unpaired) electrons. The highest BCUT2D eigenvalue weighted by Gasteiger charge is 2.30. The zero-order valence-corrected chi connectivity index (χ0v) is 18.0. The van der Waals surface area contributed by atoms with Crippen LogP contribution >= 0.6 is 0 Å². The summed E-state index contributed by atoms with van der Waals surface area (Å²) in [6, 6.07) is 6.05. The van der Waals surface area contributed by atoms with Crippen molar-refractivity contribution in [3.63, 3.8) is 0 Å². The largest absolute Gasteiger partial charge is 0.354 e. The molecule has 3 heterocycles. The van der Waals surface area contributed by atoms with Crippen molar-refractivity contribution in [2.75, 3.05) is 18.5 Å². The van der Waals surface area contributed by atoms with E-state index in [-0.39, 0.29) is 24.2 Å². The van der Waals surface area contributed by atoms with Crippen LogP contribution in [0.1, 0.15) is 48.7 Å². The molecule has 1 aromatic carbocycles. The first-order valence-corrected chi connectivity index (χ1v) is 10.2. The minimum Gasteiger partial charge on any atom is -0.354 e. The predicted molar refractivity (Wildman–Crippen MR) is 116 cm³/mol. The quantitative estimate of drug-likeness (QED) is 0.679. The van der Waals surface area contributed by atoms with Crippen molar-refractivity contribution in [3.05, 3.63) is 87.4 Å². The fraction of sp³-hybridized carbons (Fsp3) is 0.250. The number of benzene rings is 1. The molecule has 2 amide bonds. The van der Waals surface area contributed by atoms with E-state index in [4.69, 9.17) is 0 Å². The van der Waals surface area contributed by atoms with Gasteiger partial charge in [-0.3, -0.25) is 19.5 Å². The van der Waals surface area contributed by atoms with Crippen molar-refractivity contribution >= 4 is 17.6 Å². The lowest BCUT2D eigenvalue weighted by atomic mass is 9.86. The third-order valence-electron chi connectivity index (χ3n) is 5.92. The van der Waals surface area contributed by atoms with Crippen LogP contribution in [0.5, 0.6) is 0 Å². The number of aromatic nitrogens is 2. The van der Waals surface area contributed by atoms with E-state index >= 15 is 0 Å². The molecule has 0 unspecified atom stereocenters. The lowest BCUT2D eigenvalue weighted by Crippen LogP contribution is -2.39. The molecule has 0 fully saturated rings. The van der Waals surface area contributed by atoms with Crippen LogP contribution in [-0.4, -0.2) is 35.4 Å². The average Bonchev–Trinajstić information content (AvgIpc) is 2.78. The SMILES string of the molecule is CNC(=O)c1ccc(Cc2cc3c(c(C)c2C)CCN(c2ncc(F)cc2F)C3=O)cn1. The van der Waals surface area contributed by atoms with E-state index in [9.17, 15) is 18.4 Å². The first kappa shape index (κ1) is 21.5. The molecule has 1 aliphatic rings. The molecule has 2 aromatic heterocycles. The average molecular weight is 436 g/mol. The molecule has 32 heavy (non-hydrogen) atoms. The Bertz CT molecular complexity index is 1230. The summed E-state index contributed by atoms with van der Waals surface area (Å²) in [5.74, 6) is -2.45. The molecule has 1 aliphatic heterocycles. The highest BCUT2D eigenvalue weighted by Crippen LogP contribution is 2.31. The van der Waals surface area contributed by atoms with Crippen molar-refractivity contribution in [3.8, 4) is 0 Å². The minimum atomic E-state index is -0.867. The maximum Gasteiger partial charge on any atom is 0.269 e.